The summed E-state index contributed by atoms with van der Waals surface area (Å²) in [6.07, 6.45) is 11.4. The van der Waals surface area contributed by atoms with Crippen molar-refractivity contribution in [2.24, 2.45) is 5.92 Å². The Morgan fingerprint density at radius 2 is 1.81 bits per heavy atom. The second-order valence-corrected chi connectivity index (χ2v) is 5.87. The van der Waals surface area contributed by atoms with Gasteiger partial charge in [-0.15, -0.1) is 0 Å². The molecule has 1 aliphatic heterocycles. The lowest BCUT2D eigenvalue weighted by molar-refractivity contribution is 0.0703. The van der Waals surface area contributed by atoms with Crippen molar-refractivity contribution >= 4 is 11.6 Å². The number of hydrogen-bond donors (Lipinski definition) is 1. The number of rotatable bonds is 2. The molecule has 0 saturated carbocycles. The molecule has 110 valence electrons. The van der Waals surface area contributed by atoms with Gasteiger partial charge in [-0.25, -0.2) is 0 Å². The van der Waals surface area contributed by atoms with Gasteiger partial charge >= 0.3 is 0 Å². The first-order chi connectivity index (χ1) is 10.2. The first-order valence-corrected chi connectivity index (χ1v) is 7.75. The summed E-state index contributed by atoms with van der Waals surface area (Å²) >= 11 is 0. The van der Waals surface area contributed by atoms with Gasteiger partial charge in [0.2, 0.25) is 0 Å². The van der Waals surface area contributed by atoms with Gasteiger partial charge in [-0.3, -0.25) is 4.79 Å². The zero-order valence-electron chi connectivity index (χ0n) is 12.3. The molecule has 1 aliphatic carbocycles. The Kier molecular flexibility index (Phi) is 4.09. The minimum absolute atomic E-state index is 0.126. The van der Waals surface area contributed by atoms with E-state index in [2.05, 4.69) is 18.2 Å². The highest BCUT2D eigenvalue weighted by molar-refractivity contribution is 5.94. The Morgan fingerprint density at radius 1 is 1.10 bits per heavy atom. The fraction of sp³-hybridized carbons (Fsp3) is 0.389. The Hall–Kier alpha value is -2.03. The van der Waals surface area contributed by atoms with Crippen LogP contribution in [0.4, 0.5) is 5.69 Å². The van der Waals surface area contributed by atoms with Crippen LogP contribution in [0.3, 0.4) is 0 Å². The summed E-state index contributed by atoms with van der Waals surface area (Å²) in [6.45, 7) is 1.69. The van der Waals surface area contributed by atoms with Gasteiger partial charge in [-0.2, -0.15) is 0 Å². The highest BCUT2D eigenvalue weighted by Gasteiger charge is 2.25. The van der Waals surface area contributed by atoms with E-state index in [1.807, 2.05) is 17.0 Å². The third-order valence-corrected chi connectivity index (χ3v) is 4.43. The lowest BCUT2D eigenvalue weighted by Crippen LogP contribution is -2.38. The minimum Gasteiger partial charge on any atom is -0.399 e. The standard InChI is InChI=1S/C18H22N2O/c19-17-8-6-16(7-9-17)18(21)20-12-10-15(11-13-20)14-4-2-1-3-5-14/h2,4-9,15H,1,3,10-13,19H2. The maximum Gasteiger partial charge on any atom is 0.253 e. The van der Waals surface area contributed by atoms with Crippen molar-refractivity contribution in [2.75, 3.05) is 18.8 Å². The van der Waals surface area contributed by atoms with Crippen molar-refractivity contribution in [3.8, 4) is 0 Å². The van der Waals surface area contributed by atoms with E-state index in [9.17, 15) is 4.79 Å². The monoisotopic (exact) mass is 282 g/mol. The average molecular weight is 282 g/mol. The van der Waals surface area contributed by atoms with Crippen molar-refractivity contribution in [3.05, 3.63) is 53.6 Å². The van der Waals surface area contributed by atoms with E-state index in [1.54, 1.807) is 12.1 Å². The van der Waals surface area contributed by atoms with Crippen LogP contribution in [0.1, 0.15) is 36.0 Å². The third-order valence-electron chi connectivity index (χ3n) is 4.43. The Balaban J connectivity index is 1.60. The van der Waals surface area contributed by atoms with E-state index in [0.717, 1.165) is 44.3 Å². The van der Waals surface area contributed by atoms with Crippen LogP contribution in [0.2, 0.25) is 0 Å². The van der Waals surface area contributed by atoms with Gasteiger partial charge in [0.05, 0.1) is 0 Å². The SMILES string of the molecule is Nc1ccc(C(=O)N2CCC(C3=CCCC=C3)CC2)cc1. The summed E-state index contributed by atoms with van der Waals surface area (Å²) in [6, 6.07) is 7.21. The molecule has 0 unspecified atom stereocenters. The van der Waals surface area contributed by atoms with Gasteiger partial charge in [-0.05, 0) is 61.4 Å². The molecule has 3 nitrogen and oxygen atoms in total. The number of likely N-dealkylation sites (tertiary alicyclic amines) is 1. The highest BCUT2D eigenvalue weighted by Crippen LogP contribution is 2.28. The predicted molar refractivity (Wildman–Crippen MR) is 85.9 cm³/mol. The molecule has 2 N–H and O–H groups in total. The number of piperidine rings is 1. The molecular weight excluding hydrogens is 260 g/mol. The molecule has 3 rings (SSSR count). The van der Waals surface area contributed by atoms with Crippen molar-refractivity contribution in [2.45, 2.75) is 25.7 Å². The molecule has 0 bridgehead atoms. The zero-order valence-corrected chi connectivity index (χ0v) is 12.3. The molecule has 3 heteroatoms. The van der Waals surface area contributed by atoms with Crippen molar-refractivity contribution in [3.63, 3.8) is 0 Å². The quantitative estimate of drug-likeness (QED) is 0.845. The van der Waals surface area contributed by atoms with E-state index >= 15 is 0 Å². The molecule has 21 heavy (non-hydrogen) atoms. The normalized spacial score (nSPS) is 19.4. The van der Waals surface area contributed by atoms with Crippen molar-refractivity contribution < 1.29 is 4.79 Å². The summed E-state index contributed by atoms with van der Waals surface area (Å²) in [5, 5.41) is 0. The lowest BCUT2D eigenvalue weighted by atomic mass is 9.86. The Labute approximate surface area is 126 Å². The number of anilines is 1. The van der Waals surface area contributed by atoms with E-state index in [0.29, 0.717) is 11.6 Å². The molecule has 0 spiro atoms. The minimum atomic E-state index is 0.126. The van der Waals surface area contributed by atoms with Crippen LogP contribution < -0.4 is 5.73 Å². The number of hydrogen-bond acceptors (Lipinski definition) is 2. The van der Waals surface area contributed by atoms with Crippen molar-refractivity contribution in [1.82, 2.24) is 4.90 Å². The molecule has 1 aromatic carbocycles. The van der Waals surface area contributed by atoms with E-state index in [1.165, 1.54) is 5.57 Å². The lowest BCUT2D eigenvalue weighted by Gasteiger charge is -2.33. The summed E-state index contributed by atoms with van der Waals surface area (Å²) in [5.41, 5.74) is 8.57. The van der Waals surface area contributed by atoms with Crippen LogP contribution in [-0.4, -0.2) is 23.9 Å². The summed E-state index contributed by atoms with van der Waals surface area (Å²) in [5.74, 6) is 0.749. The molecule has 2 aliphatic rings. The predicted octanol–water partition coefficient (Wildman–Crippen LogP) is 3.40. The first kappa shape index (κ1) is 13.9. The van der Waals surface area contributed by atoms with Crippen LogP contribution in [0.15, 0.2) is 48.1 Å². The smallest absolute Gasteiger partial charge is 0.253 e. The van der Waals surface area contributed by atoms with Crippen LogP contribution >= 0.6 is 0 Å². The van der Waals surface area contributed by atoms with Gasteiger partial charge in [0.25, 0.3) is 5.91 Å². The zero-order chi connectivity index (χ0) is 14.7. The van der Waals surface area contributed by atoms with E-state index in [-0.39, 0.29) is 5.91 Å². The van der Waals surface area contributed by atoms with Crippen molar-refractivity contribution in [1.29, 1.82) is 0 Å². The topological polar surface area (TPSA) is 46.3 Å². The molecule has 0 radical (unpaired) electrons. The molecule has 0 aromatic heterocycles. The number of carbonyl (C=O) groups excluding carboxylic acids is 1. The summed E-state index contributed by atoms with van der Waals surface area (Å²) < 4.78 is 0. The number of nitrogens with zero attached hydrogens (tertiary/aromatic N) is 1. The van der Waals surface area contributed by atoms with E-state index in [4.69, 9.17) is 5.73 Å². The molecule has 1 aromatic rings. The number of carbonyl (C=O) groups is 1. The van der Waals surface area contributed by atoms with Gasteiger partial charge in [0.1, 0.15) is 0 Å². The van der Waals surface area contributed by atoms with Gasteiger partial charge in [0, 0.05) is 24.3 Å². The Bertz CT molecular complexity index is 563. The van der Waals surface area contributed by atoms with Crippen LogP contribution in [-0.2, 0) is 0 Å². The molecule has 1 saturated heterocycles. The first-order valence-electron chi connectivity index (χ1n) is 7.75. The molecule has 0 atom stereocenters. The van der Waals surface area contributed by atoms with Crippen LogP contribution in [0.25, 0.3) is 0 Å². The second-order valence-electron chi connectivity index (χ2n) is 5.87. The molecule has 1 fully saturated rings. The van der Waals surface area contributed by atoms with E-state index < -0.39 is 0 Å². The summed E-state index contributed by atoms with van der Waals surface area (Å²) in [4.78, 5) is 14.4. The fourth-order valence-corrected chi connectivity index (χ4v) is 3.16. The molecule has 1 heterocycles. The van der Waals surface area contributed by atoms with Crippen LogP contribution in [0.5, 0.6) is 0 Å². The number of benzene rings is 1. The molecule has 1 amide bonds. The average Bonchev–Trinajstić information content (AvgIpc) is 2.56. The van der Waals surface area contributed by atoms with Gasteiger partial charge in [-0.1, -0.05) is 18.2 Å². The number of nitrogen functional groups attached to an aromatic ring is 1. The van der Waals surface area contributed by atoms with Gasteiger partial charge < -0.3 is 10.6 Å². The van der Waals surface area contributed by atoms with Crippen LogP contribution in [0, 0.1) is 5.92 Å². The fourth-order valence-electron chi connectivity index (χ4n) is 3.16. The maximum absolute atomic E-state index is 12.5. The summed E-state index contributed by atoms with van der Waals surface area (Å²) in [7, 11) is 0. The highest BCUT2D eigenvalue weighted by atomic mass is 16.2. The number of amides is 1. The van der Waals surface area contributed by atoms with Gasteiger partial charge in [0.15, 0.2) is 0 Å². The maximum atomic E-state index is 12.5. The number of nitrogens with two attached hydrogens (primary N) is 1. The third kappa shape index (κ3) is 3.18. The Morgan fingerprint density at radius 3 is 2.43 bits per heavy atom. The largest absolute Gasteiger partial charge is 0.399 e. The molecular formula is C18H22N2O. The number of allylic oxidation sites excluding steroid dienone is 4. The second kappa shape index (κ2) is 6.17.